The molecular weight excluding hydrogens is 210 g/mol. The van der Waals surface area contributed by atoms with Crippen LogP contribution in [0.15, 0.2) is 16.7 Å². The highest BCUT2D eigenvalue weighted by Gasteiger charge is 2.31. The molecule has 16 heavy (non-hydrogen) atoms. The summed E-state index contributed by atoms with van der Waals surface area (Å²) in [5.74, 6) is -0.736. The Labute approximate surface area is 93.8 Å². The molecule has 1 N–H and O–H groups in total. The Balaban J connectivity index is 2.79. The number of hydrogen-bond donors (Lipinski definition) is 1. The van der Waals surface area contributed by atoms with E-state index < -0.39 is 17.4 Å². The third-order valence-corrected chi connectivity index (χ3v) is 2.19. The molecule has 0 saturated carbocycles. The first-order chi connectivity index (χ1) is 7.38. The zero-order valence-electron chi connectivity index (χ0n) is 9.79. The predicted molar refractivity (Wildman–Crippen MR) is 57.0 cm³/mol. The van der Waals surface area contributed by atoms with Gasteiger partial charge in [0.2, 0.25) is 0 Å². The lowest BCUT2D eigenvalue weighted by Gasteiger charge is -2.22. The van der Waals surface area contributed by atoms with Gasteiger partial charge in [-0.15, -0.1) is 0 Å². The maximum absolute atomic E-state index is 11.7. The molecule has 0 radical (unpaired) electrons. The number of hydrogen-bond acceptors (Lipinski definition) is 4. The molecular formula is C11H15NO4. The highest BCUT2D eigenvalue weighted by atomic mass is 16.5. The fourth-order valence-corrected chi connectivity index (χ4v) is 1.25. The van der Waals surface area contributed by atoms with E-state index in [9.17, 15) is 9.59 Å². The summed E-state index contributed by atoms with van der Waals surface area (Å²) in [7, 11) is 1.27. The molecule has 1 amide bonds. The Morgan fingerprint density at radius 1 is 1.44 bits per heavy atom. The molecule has 1 rings (SSSR count). The SMILES string of the molecule is COC(=O)C(C)(C)NC(=O)c1occc1C. The van der Waals surface area contributed by atoms with Crippen molar-refractivity contribution in [1.82, 2.24) is 5.32 Å². The lowest BCUT2D eigenvalue weighted by Crippen LogP contribution is -2.50. The van der Waals surface area contributed by atoms with Gasteiger partial charge < -0.3 is 14.5 Å². The second-order valence-electron chi connectivity index (χ2n) is 4.00. The summed E-state index contributed by atoms with van der Waals surface area (Å²) in [4.78, 5) is 23.1. The molecule has 0 aliphatic heterocycles. The van der Waals surface area contributed by atoms with Crippen molar-refractivity contribution in [2.24, 2.45) is 0 Å². The third kappa shape index (κ3) is 2.42. The van der Waals surface area contributed by atoms with Gasteiger partial charge in [0.15, 0.2) is 5.76 Å². The van der Waals surface area contributed by atoms with Gasteiger partial charge in [-0.05, 0) is 26.8 Å². The molecule has 0 fully saturated rings. The average Bonchev–Trinajstić information content (AvgIpc) is 2.62. The molecule has 0 unspecified atom stereocenters. The van der Waals surface area contributed by atoms with Crippen LogP contribution in [0.5, 0.6) is 0 Å². The first-order valence-corrected chi connectivity index (χ1v) is 4.83. The van der Waals surface area contributed by atoms with Crippen LogP contribution in [0, 0.1) is 6.92 Å². The summed E-state index contributed by atoms with van der Waals surface area (Å²) in [6, 6.07) is 1.68. The second-order valence-corrected chi connectivity index (χ2v) is 4.00. The van der Waals surface area contributed by atoms with Crippen molar-refractivity contribution in [3.63, 3.8) is 0 Å². The van der Waals surface area contributed by atoms with E-state index in [1.54, 1.807) is 26.8 Å². The molecule has 88 valence electrons. The summed E-state index contributed by atoms with van der Waals surface area (Å²) in [6.45, 7) is 4.88. The lowest BCUT2D eigenvalue weighted by molar-refractivity contribution is -0.146. The summed E-state index contributed by atoms with van der Waals surface area (Å²) in [6.07, 6.45) is 1.43. The van der Waals surface area contributed by atoms with Crippen LogP contribution < -0.4 is 5.32 Å². The van der Waals surface area contributed by atoms with Gasteiger partial charge >= 0.3 is 5.97 Å². The molecule has 5 heteroatoms. The van der Waals surface area contributed by atoms with Gasteiger partial charge in [0.05, 0.1) is 13.4 Å². The number of aryl methyl sites for hydroxylation is 1. The molecule has 0 aliphatic rings. The van der Waals surface area contributed by atoms with E-state index in [1.807, 2.05) is 0 Å². The second kappa shape index (κ2) is 4.38. The zero-order chi connectivity index (χ0) is 12.3. The maximum atomic E-state index is 11.7. The monoisotopic (exact) mass is 225 g/mol. The van der Waals surface area contributed by atoms with Crippen molar-refractivity contribution in [3.8, 4) is 0 Å². The first kappa shape index (κ1) is 12.3. The van der Waals surface area contributed by atoms with E-state index in [0.29, 0.717) is 0 Å². The largest absolute Gasteiger partial charge is 0.467 e. The minimum atomic E-state index is -1.08. The maximum Gasteiger partial charge on any atom is 0.330 e. The number of carbonyl (C=O) groups is 2. The van der Waals surface area contributed by atoms with Gasteiger partial charge in [-0.3, -0.25) is 4.79 Å². The van der Waals surface area contributed by atoms with Crippen molar-refractivity contribution in [3.05, 3.63) is 23.7 Å². The van der Waals surface area contributed by atoms with Gasteiger partial charge in [0.1, 0.15) is 5.54 Å². The van der Waals surface area contributed by atoms with Crippen LogP contribution in [0.3, 0.4) is 0 Å². The Bertz CT molecular complexity index is 406. The van der Waals surface area contributed by atoms with Crippen LogP contribution in [-0.2, 0) is 9.53 Å². The Morgan fingerprint density at radius 2 is 2.06 bits per heavy atom. The standard InChI is InChI=1S/C11H15NO4/c1-7-5-6-16-8(7)9(13)12-11(2,3)10(14)15-4/h5-6H,1-4H3,(H,12,13). The summed E-state index contributed by atoms with van der Waals surface area (Å²) in [5, 5.41) is 2.54. The van der Waals surface area contributed by atoms with E-state index in [2.05, 4.69) is 10.1 Å². The summed E-state index contributed by atoms with van der Waals surface area (Å²) < 4.78 is 9.60. The highest BCUT2D eigenvalue weighted by molar-refractivity contribution is 5.96. The van der Waals surface area contributed by atoms with Crippen molar-refractivity contribution in [2.45, 2.75) is 26.3 Å². The average molecular weight is 225 g/mol. The molecule has 0 aliphatic carbocycles. The highest BCUT2D eigenvalue weighted by Crippen LogP contribution is 2.11. The molecule has 0 atom stereocenters. The molecule has 0 aromatic carbocycles. The van der Waals surface area contributed by atoms with Gasteiger partial charge in [0, 0.05) is 5.56 Å². The number of furan rings is 1. The number of esters is 1. The van der Waals surface area contributed by atoms with Gasteiger partial charge in [-0.25, -0.2) is 4.79 Å². The number of rotatable bonds is 3. The lowest BCUT2D eigenvalue weighted by atomic mass is 10.1. The van der Waals surface area contributed by atoms with E-state index in [4.69, 9.17) is 4.42 Å². The molecule has 1 aromatic heterocycles. The van der Waals surface area contributed by atoms with Crippen molar-refractivity contribution >= 4 is 11.9 Å². The minimum Gasteiger partial charge on any atom is -0.467 e. The molecule has 5 nitrogen and oxygen atoms in total. The van der Waals surface area contributed by atoms with Gasteiger partial charge in [-0.1, -0.05) is 0 Å². The number of ether oxygens (including phenoxy) is 1. The number of nitrogens with one attached hydrogen (secondary N) is 1. The van der Waals surface area contributed by atoms with Crippen molar-refractivity contribution < 1.29 is 18.7 Å². The topological polar surface area (TPSA) is 68.5 Å². The minimum absolute atomic E-state index is 0.206. The van der Waals surface area contributed by atoms with Crippen molar-refractivity contribution in [1.29, 1.82) is 0 Å². The van der Waals surface area contributed by atoms with Gasteiger partial charge in [0.25, 0.3) is 5.91 Å². The number of amides is 1. The van der Waals surface area contributed by atoms with Crippen LogP contribution in [0.4, 0.5) is 0 Å². The molecule has 0 spiro atoms. The zero-order valence-corrected chi connectivity index (χ0v) is 9.79. The molecule has 0 saturated heterocycles. The van der Waals surface area contributed by atoms with E-state index in [0.717, 1.165) is 5.56 Å². The molecule has 1 heterocycles. The quantitative estimate of drug-likeness (QED) is 0.786. The van der Waals surface area contributed by atoms with Crippen LogP contribution in [0.1, 0.15) is 30.0 Å². The van der Waals surface area contributed by atoms with Crippen LogP contribution >= 0.6 is 0 Å². The van der Waals surface area contributed by atoms with E-state index >= 15 is 0 Å². The van der Waals surface area contributed by atoms with Crippen molar-refractivity contribution in [2.75, 3.05) is 7.11 Å². The summed E-state index contributed by atoms with van der Waals surface area (Å²) in [5.41, 5.74) is -0.358. The fraction of sp³-hybridized carbons (Fsp3) is 0.455. The fourth-order valence-electron chi connectivity index (χ4n) is 1.25. The van der Waals surface area contributed by atoms with Crippen LogP contribution in [0.25, 0.3) is 0 Å². The molecule has 0 bridgehead atoms. The Morgan fingerprint density at radius 3 is 2.50 bits per heavy atom. The normalized spacial score (nSPS) is 11.0. The van der Waals surface area contributed by atoms with Crippen LogP contribution in [0.2, 0.25) is 0 Å². The predicted octanol–water partition coefficient (Wildman–Crippen LogP) is 1.27. The third-order valence-electron chi connectivity index (χ3n) is 2.19. The van der Waals surface area contributed by atoms with E-state index in [1.165, 1.54) is 13.4 Å². The number of carbonyl (C=O) groups excluding carboxylic acids is 2. The Hall–Kier alpha value is -1.78. The van der Waals surface area contributed by atoms with E-state index in [-0.39, 0.29) is 5.76 Å². The first-order valence-electron chi connectivity index (χ1n) is 4.83. The number of methoxy groups -OCH3 is 1. The molecule has 1 aromatic rings. The summed E-state index contributed by atoms with van der Waals surface area (Å²) >= 11 is 0. The Kier molecular flexibility index (Phi) is 3.37. The van der Waals surface area contributed by atoms with Gasteiger partial charge in [-0.2, -0.15) is 0 Å². The smallest absolute Gasteiger partial charge is 0.330 e. The van der Waals surface area contributed by atoms with Crippen LogP contribution in [-0.4, -0.2) is 24.5 Å².